The Labute approximate surface area is 118 Å². The Hall–Kier alpha value is -1.19. The van der Waals surface area contributed by atoms with E-state index in [9.17, 15) is 0 Å². The van der Waals surface area contributed by atoms with Crippen LogP contribution in [0.15, 0.2) is 23.6 Å². The number of aryl methyl sites for hydroxylation is 2. The molecule has 19 heavy (non-hydrogen) atoms. The van der Waals surface area contributed by atoms with Gasteiger partial charge in [0.2, 0.25) is 0 Å². The second kappa shape index (κ2) is 5.43. The SMILES string of the molecule is Cc1ccc(Cc2nc(CNC3CC3)cs2)cc1C. The lowest BCUT2D eigenvalue weighted by atomic mass is 10.0. The van der Waals surface area contributed by atoms with Crippen LogP contribution in [0, 0.1) is 13.8 Å². The summed E-state index contributed by atoms with van der Waals surface area (Å²) < 4.78 is 0. The predicted molar refractivity (Wildman–Crippen MR) is 80.7 cm³/mol. The maximum Gasteiger partial charge on any atom is 0.0972 e. The highest BCUT2D eigenvalue weighted by molar-refractivity contribution is 7.09. The molecule has 2 nitrogen and oxygen atoms in total. The maximum absolute atomic E-state index is 4.71. The molecule has 0 spiro atoms. The Bertz CT molecular complexity index is 570. The predicted octanol–water partition coefficient (Wildman–Crippen LogP) is 3.60. The smallest absolute Gasteiger partial charge is 0.0972 e. The highest BCUT2D eigenvalue weighted by Crippen LogP contribution is 2.20. The number of hydrogen-bond donors (Lipinski definition) is 1. The average molecular weight is 272 g/mol. The lowest BCUT2D eigenvalue weighted by Crippen LogP contribution is -2.15. The minimum absolute atomic E-state index is 0.755. The van der Waals surface area contributed by atoms with Gasteiger partial charge in [0.05, 0.1) is 10.7 Å². The number of nitrogens with zero attached hydrogens (tertiary/aromatic N) is 1. The molecule has 0 amide bonds. The van der Waals surface area contributed by atoms with E-state index in [2.05, 4.69) is 42.7 Å². The Morgan fingerprint density at radius 1 is 1.26 bits per heavy atom. The Morgan fingerprint density at radius 3 is 2.84 bits per heavy atom. The molecule has 0 aliphatic heterocycles. The molecule has 100 valence electrons. The summed E-state index contributed by atoms with van der Waals surface area (Å²) in [7, 11) is 0. The number of aromatic nitrogens is 1. The molecule has 2 aromatic rings. The number of nitrogens with one attached hydrogen (secondary N) is 1. The van der Waals surface area contributed by atoms with Gasteiger partial charge in [0, 0.05) is 24.4 Å². The molecular weight excluding hydrogens is 252 g/mol. The lowest BCUT2D eigenvalue weighted by molar-refractivity contribution is 0.676. The van der Waals surface area contributed by atoms with Gasteiger partial charge in [-0.2, -0.15) is 0 Å². The van der Waals surface area contributed by atoms with Crippen LogP contribution in [0.25, 0.3) is 0 Å². The topological polar surface area (TPSA) is 24.9 Å². The molecule has 0 atom stereocenters. The summed E-state index contributed by atoms with van der Waals surface area (Å²) in [6.07, 6.45) is 3.62. The van der Waals surface area contributed by atoms with E-state index in [1.54, 1.807) is 11.3 Å². The summed E-state index contributed by atoms with van der Waals surface area (Å²) >= 11 is 1.78. The first kappa shape index (κ1) is 12.8. The molecule has 3 rings (SSSR count). The van der Waals surface area contributed by atoms with Crippen LogP contribution in [0.2, 0.25) is 0 Å². The fourth-order valence-electron chi connectivity index (χ4n) is 2.14. The minimum Gasteiger partial charge on any atom is -0.308 e. The van der Waals surface area contributed by atoms with Crippen LogP contribution in [0.3, 0.4) is 0 Å². The molecule has 0 bridgehead atoms. The summed E-state index contributed by atoms with van der Waals surface area (Å²) in [6, 6.07) is 7.45. The standard InChI is InChI=1S/C16H20N2S/c1-11-3-4-13(7-12(11)2)8-16-18-15(10-19-16)9-17-14-5-6-14/h3-4,7,10,14,17H,5-6,8-9H2,1-2H3. The van der Waals surface area contributed by atoms with Gasteiger partial charge in [-0.15, -0.1) is 11.3 Å². The summed E-state index contributed by atoms with van der Waals surface area (Å²) in [4.78, 5) is 4.71. The van der Waals surface area contributed by atoms with Crippen LogP contribution in [0.1, 0.15) is 40.2 Å². The largest absolute Gasteiger partial charge is 0.308 e. The van der Waals surface area contributed by atoms with Gasteiger partial charge in [0.1, 0.15) is 0 Å². The molecule has 0 unspecified atom stereocenters. The Balaban J connectivity index is 1.63. The summed E-state index contributed by atoms with van der Waals surface area (Å²) in [5, 5.41) is 6.92. The van der Waals surface area contributed by atoms with Crippen LogP contribution in [-0.2, 0) is 13.0 Å². The first-order valence-corrected chi connectivity index (χ1v) is 7.81. The highest BCUT2D eigenvalue weighted by Gasteiger charge is 2.20. The third-order valence-electron chi connectivity index (χ3n) is 3.68. The molecule has 1 aliphatic carbocycles. The van der Waals surface area contributed by atoms with Crippen molar-refractivity contribution in [2.75, 3.05) is 0 Å². The van der Waals surface area contributed by atoms with Gasteiger partial charge in [0.25, 0.3) is 0 Å². The molecule has 1 fully saturated rings. The molecule has 1 aromatic heterocycles. The fourth-order valence-corrected chi connectivity index (χ4v) is 2.96. The van der Waals surface area contributed by atoms with Crippen LogP contribution in [-0.4, -0.2) is 11.0 Å². The highest BCUT2D eigenvalue weighted by atomic mass is 32.1. The zero-order chi connectivity index (χ0) is 13.2. The van der Waals surface area contributed by atoms with Gasteiger partial charge >= 0.3 is 0 Å². The van der Waals surface area contributed by atoms with Crippen molar-refractivity contribution in [1.29, 1.82) is 0 Å². The normalized spacial score (nSPS) is 14.8. The van der Waals surface area contributed by atoms with Crippen LogP contribution >= 0.6 is 11.3 Å². The summed E-state index contributed by atoms with van der Waals surface area (Å²) in [5.74, 6) is 0. The molecule has 0 saturated heterocycles. The Morgan fingerprint density at radius 2 is 2.11 bits per heavy atom. The molecule has 1 aliphatic rings. The molecule has 1 aromatic carbocycles. The van der Waals surface area contributed by atoms with Crippen molar-refractivity contribution in [2.24, 2.45) is 0 Å². The zero-order valence-corrected chi connectivity index (χ0v) is 12.4. The molecule has 0 radical (unpaired) electrons. The van der Waals surface area contributed by atoms with E-state index in [0.29, 0.717) is 0 Å². The van der Waals surface area contributed by atoms with Crippen molar-refractivity contribution in [2.45, 2.75) is 45.7 Å². The van der Waals surface area contributed by atoms with E-state index in [-0.39, 0.29) is 0 Å². The fraction of sp³-hybridized carbons (Fsp3) is 0.438. The first-order valence-electron chi connectivity index (χ1n) is 6.93. The van der Waals surface area contributed by atoms with Gasteiger partial charge in [0.15, 0.2) is 0 Å². The second-order valence-electron chi connectivity index (χ2n) is 5.48. The van der Waals surface area contributed by atoms with Crippen molar-refractivity contribution in [3.8, 4) is 0 Å². The third-order valence-corrected chi connectivity index (χ3v) is 4.57. The van der Waals surface area contributed by atoms with Crippen molar-refractivity contribution in [3.63, 3.8) is 0 Å². The van der Waals surface area contributed by atoms with E-state index in [1.165, 1.54) is 40.2 Å². The maximum atomic E-state index is 4.71. The lowest BCUT2D eigenvalue weighted by Gasteiger charge is -2.03. The molecule has 3 heteroatoms. The third kappa shape index (κ3) is 3.43. The van der Waals surface area contributed by atoms with Crippen molar-refractivity contribution in [1.82, 2.24) is 10.3 Å². The van der Waals surface area contributed by atoms with E-state index in [4.69, 9.17) is 4.98 Å². The monoisotopic (exact) mass is 272 g/mol. The van der Waals surface area contributed by atoms with E-state index in [1.807, 2.05) is 0 Å². The van der Waals surface area contributed by atoms with Gasteiger partial charge in [-0.1, -0.05) is 18.2 Å². The summed E-state index contributed by atoms with van der Waals surface area (Å²) in [5.41, 5.74) is 5.27. The summed E-state index contributed by atoms with van der Waals surface area (Å²) in [6.45, 7) is 5.25. The van der Waals surface area contributed by atoms with E-state index >= 15 is 0 Å². The number of hydrogen-bond acceptors (Lipinski definition) is 3. The number of benzene rings is 1. The molecule has 1 heterocycles. The van der Waals surface area contributed by atoms with Crippen LogP contribution in [0.4, 0.5) is 0 Å². The quantitative estimate of drug-likeness (QED) is 0.899. The molecular formula is C16H20N2S. The second-order valence-corrected chi connectivity index (χ2v) is 6.43. The van der Waals surface area contributed by atoms with E-state index in [0.717, 1.165) is 19.0 Å². The van der Waals surface area contributed by atoms with E-state index < -0.39 is 0 Å². The Kier molecular flexibility index (Phi) is 3.67. The zero-order valence-electron chi connectivity index (χ0n) is 11.6. The van der Waals surface area contributed by atoms with Crippen molar-refractivity contribution in [3.05, 3.63) is 51.0 Å². The first-order chi connectivity index (χ1) is 9.20. The van der Waals surface area contributed by atoms with Crippen molar-refractivity contribution < 1.29 is 0 Å². The molecule has 1 N–H and O–H groups in total. The van der Waals surface area contributed by atoms with Crippen molar-refractivity contribution >= 4 is 11.3 Å². The van der Waals surface area contributed by atoms with Gasteiger partial charge < -0.3 is 5.32 Å². The van der Waals surface area contributed by atoms with Gasteiger partial charge in [-0.25, -0.2) is 4.98 Å². The number of thiazole rings is 1. The number of rotatable bonds is 5. The molecule has 1 saturated carbocycles. The van der Waals surface area contributed by atoms with Gasteiger partial charge in [-0.05, 0) is 43.4 Å². The van der Waals surface area contributed by atoms with Gasteiger partial charge in [-0.3, -0.25) is 0 Å². The van der Waals surface area contributed by atoms with Crippen LogP contribution < -0.4 is 5.32 Å². The van der Waals surface area contributed by atoms with Crippen LogP contribution in [0.5, 0.6) is 0 Å². The minimum atomic E-state index is 0.755. The average Bonchev–Trinajstić information content (AvgIpc) is 3.12.